The predicted octanol–water partition coefficient (Wildman–Crippen LogP) is 3.52. The van der Waals surface area contributed by atoms with Gasteiger partial charge >= 0.3 is 0 Å². The van der Waals surface area contributed by atoms with E-state index in [2.05, 4.69) is 61.6 Å². The number of nitrogens with zero attached hydrogens (tertiary/aromatic N) is 5. The van der Waals surface area contributed by atoms with E-state index in [1.165, 1.54) is 5.69 Å². The predicted molar refractivity (Wildman–Crippen MR) is 123 cm³/mol. The van der Waals surface area contributed by atoms with Gasteiger partial charge in [-0.15, -0.1) is 0 Å². The van der Waals surface area contributed by atoms with Gasteiger partial charge in [-0.3, -0.25) is 5.10 Å². The van der Waals surface area contributed by atoms with Crippen LogP contribution >= 0.6 is 0 Å². The van der Waals surface area contributed by atoms with Crippen LogP contribution in [0.2, 0.25) is 0 Å². The molecule has 0 atom stereocenters. The van der Waals surface area contributed by atoms with Gasteiger partial charge in [0.1, 0.15) is 16.8 Å². The normalized spacial score (nSPS) is 14.7. The Morgan fingerprint density at radius 1 is 0.935 bits per heavy atom. The van der Waals surface area contributed by atoms with E-state index >= 15 is 0 Å². The Bertz CT molecular complexity index is 1160. The standard InChI is InChI=1S/C23H25N7O/c1-29-11-13-30(14-12-29)18-7-5-17(6-8-18)25-23-21-20(15-24-28-21)26-22(27-23)16-3-9-19(31-2)10-4-16/h3-10,15H,11-14H2,1-2H3,(H,24,28)(H,25,26,27). The first kappa shape index (κ1) is 19.3. The number of likely N-dealkylation sites (N-methyl/N-ethyl adjacent to an activating group) is 1. The number of rotatable bonds is 5. The van der Waals surface area contributed by atoms with Gasteiger partial charge in [0.05, 0.1) is 13.3 Å². The topological polar surface area (TPSA) is 82.2 Å². The molecule has 1 fully saturated rings. The van der Waals surface area contributed by atoms with Crippen molar-refractivity contribution in [2.75, 3.05) is 50.6 Å². The van der Waals surface area contributed by atoms with Crippen molar-refractivity contribution >= 4 is 28.2 Å². The number of aromatic nitrogens is 4. The Morgan fingerprint density at radius 2 is 1.68 bits per heavy atom. The average molecular weight is 416 g/mol. The zero-order valence-corrected chi connectivity index (χ0v) is 17.7. The van der Waals surface area contributed by atoms with E-state index in [1.54, 1.807) is 13.3 Å². The number of ether oxygens (including phenoxy) is 1. The van der Waals surface area contributed by atoms with E-state index in [-0.39, 0.29) is 0 Å². The van der Waals surface area contributed by atoms with Crippen LogP contribution in [0.3, 0.4) is 0 Å². The lowest BCUT2D eigenvalue weighted by Crippen LogP contribution is -2.44. The van der Waals surface area contributed by atoms with Crippen molar-refractivity contribution in [3.63, 3.8) is 0 Å². The van der Waals surface area contributed by atoms with Crippen LogP contribution in [-0.4, -0.2) is 65.4 Å². The molecular weight excluding hydrogens is 390 g/mol. The molecule has 0 unspecified atom stereocenters. The molecule has 3 heterocycles. The Morgan fingerprint density at radius 3 is 2.39 bits per heavy atom. The van der Waals surface area contributed by atoms with Crippen molar-refractivity contribution in [2.24, 2.45) is 0 Å². The first-order chi connectivity index (χ1) is 15.2. The summed E-state index contributed by atoms with van der Waals surface area (Å²) in [4.78, 5) is 14.2. The van der Waals surface area contributed by atoms with Gasteiger partial charge in [-0.25, -0.2) is 9.97 Å². The molecule has 1 aliphatic rings. The van der Waals surface area contributed by atoms with Gasteiger partial charge in [0, 0.05) is 43.1 Å². The molecule has 158 valence electrons. The first-order valence-electron chi connectivity index (χ1n) is 10.4. The molecule has 8 heteroatoms. The highest BCUT2D eigenvalue weighted by molar-refractivity contribution is 5.88. The second-order valence-corrected chi connectivity index (χ2v) is 7.72. The number of benzene rings is 2. The molecule has 4 aromatic rings. The van der Waals surface area contributed by atoms with Gasteiger partial charge in [-0.05, 0) is 55.6 Å². The summed E-state index contributed by atoms with van der Waals surface area (Å²) >= 11 is 0. The Balaban J connectivity index is 1.41. The van der Waals surface area contributed by atoms with Crippen LogP contribution in [0, 0.1) is 0 Å². The minimum absolute atomic E-state index is 0.633. The summed E-state index contributed by atoms with van der Waals surface area (Å²) in [6.45, 7) is 4.28. The van der Waals surface area contributed by atoms with E-state index in [0.29, 0.717) is 11.6 Å². The van der Waals surface area contributed by atoms with Gasteiger partial charge in [0.25, 0.3) is 0 Å². The number of aromatic amines is 1. The number of piperazine rings is 1. The molecular formula is C23H25N7O. The lowest BCUT2D eigenvalue weighted by Gasteiger charge is -2.34. The van der Waals surface area contributed by atoms with Crippen molar-refractivity contribution in [2.45, 2.75) is 0 Å². The van der Waals surface area contributed by atoms with Crippen molar-refractivity contribution in [1.29, 1.82) is 0 Å². The molecule has 0 radical (unpaired) electrons. The van der Waals surface area contributed by atoms with Crippen LogP contribution in [0.25, 0.3) is 22.4 Å². The molecule has 0 bridgehead atoms. The van der Waals surface area contributed by atoms with Crippen LogP contribution in [0.1, 0.15) is 0 Å². The molecule has 0 aliphatic carbocycles. The summed E-state index contributed by atoms with van der Waals surface area (Å²) < 4.78 is 5.25. The van der Waals surface area contributed by atoms with E-state index in [1.807, 2.05) is 24.3 Å². The zero-order chi connectivity index (χ0) is 21.2. The number of nitrogens with one attached hydrogen (secondary N) is 2. The largest absolute Gasteiger partial charge is 0.497 e. The molecule has 2 aromatic carbocycles. The number of hydrogen-bond donors (Lipinski definition) is 2. The highest BCUT2D eigenvalue weighted by Gasteiger charge is 2.15. The Hall–Kier alpha value is -3.65. The lowest BCUT2D eigenvalue weighted by molar-refractivity contribution is 0.313. The smallest absolute Gasteiger partial charge is 0.162 e. The summed E-state index contributed by atoms with van der Waals surface area (Å²) in [7, 11) is 3.82. The summed E-state index contributed by atoms with van der Waals surface area (Å²) in [5, 5.41) is 10.6. The van der Waals surface area contributed by atoms with Crippen LogP contribution in [-0.2, 0) is 0 Å². The monoisotopic (exact) mass is 415 g/mol. The third-order valence-corrected chi connectivity index (χ3v) is 5.65. The van der Waals surface area contributed by atoms with E-state index in [9.17, 15) is 0 Å². The molecule has 0 spiro atoms. The summed E-state index contributed by atoms with van der Waals surface area (Å²) in [6, 6.07) is 16.2. The van der Waals surface area contributed by atoms with E-state index in [4.69, 9.17) is 9.72 Å². The molecule has 8 nitrogen and oxygen atoms in total. The second kappa shape index (κ2) is 8.23. The van der Waals surface area contributed by atoms with Gasteiger partial charge in [-0.2, -0.15) is 5.10 Å². The average Bonchev–Trinajstić information content (AvgIpc) is 3.29. The summed E-state index contributed by atoms with van der Waals surface area (Å²) in [5.41, 5.74) is 4.66. The number of fused-ring (bicyclic) bond motifs is 1. The van der Waals surface area contributed by atoms with E-state index < -0.39 is 0 Å². The number of H-pyrrole nitrogens is 1. The maximum Gasteiger partial charge on any atom is 0.162 e. The SMILES string of the molecule is COc1ccc(-c2nc(Nc3ccc(N4CCN(C)CC4)cc3)c3[nH]ncc3n2)cc1. The lowest BCUT2D eigenvalue weighted by atomic mass is 10.2. The van der Waals surface area contributed by atoms with Gasteiger partial charge in [0.15, 0.2) is 11.6 Å². The molecule has 2 aromatic heterocycles. The third kappa shape index (κ3) is 4.02. The zero-order valence-electron chi connectivity index (χ0n) is 17.7. The fourth-order valence-electron chi connectivity index (χ4n) is 3.76. The Kier molecular flexibility index (Phi) is 5.13. The molecule has 5 rings (SSSR count). The fourth-order valence-corrected chi connectivity index (χ4v) is 3.76. The molecule has 0 saturated carbocycles. The number of methoxy groups -OCH3 is 1. The maximum absolute atomic E-state index is 5.25. The summed E-state index contributed by atoms with van der Waals surface area (Å²) in [6.07, 6.45) is 1.71. The van der Waals surface area contributed by atoms with Crippen molar-refractivity contribution < 1.29 is 4.74 Å². The Labute approximate surface area is 180 Å². The van der Waals surface area contributed by atoms with E-state index in [0.717, 1.165) is 54.2 Å². The number of anilines is 3. The minimum atomic E-state index is 0.633. The molecule has 0 amide bonds. The van der Waals surface area contributed by atoms with Crippen LogP contribution in [0.5, 0.6) is 5.75 Å². The van der Waals surface area contributed by atoms with Crippen LogP contribution in [0.15, 0.2) is 54.7 Å². The number of hydrogen-bond acceptors (Lipinski definition) is 7. The van der Waals surface area contributed by atoms with Gasteiger partial charge < -0.3 is 19.9 Å². The highest BCUT2D eigenvalue weighted by Crippen LogP contribution is 2.28. The minimum Gasteiger partial charge on any atom is -0.497 e. The third-order valence-electron chi connectivity index (χ3n) is 5.65. The van der Waals surface area contributed by atoms with Crippen LogP contribution in [0.4, 0.5) is 17.2 Å². The van der Waals surface area contributed by atoms with Crippen LogP contribution < -0.4 is 15.0 Å². The first-order valence-corrected chi connectivity index (χ1v) is 10.4. The second-order valence-electron chi connectivity index (χ2n) is 7.72. The summed E-state index contributed by atoms with van der Waals surface area (Å²) in [5.74, 6) is 2.13. The molecule has 31 heavy (non-hydrogen) atoms. The van der Waals surface area contributed by atoms with Gasteiger partial charge in [-0.1, -0.05) is 0 Å². The molecule has 1 aliphatic heterocycles. The van der Waals surface area contributed by atoms with Gasteiger partial charge in [0.2, 0.25) is 0 Å². The quantitative estimate of drug-likeness (QED) is 0.516. The maximum atomic E-state index is 5.25. The molecule has 2 N–H and O–H groups in total. The highest BCUT2D eigenvalue weighted by atomic mass is 16.5. The fraction of sp³-hybridized carbons (Fsp3) is 0.261. The van der Waals surface area contributed by atoms with Crippen molar-refractivity contribution in [3.05, 3.63) is 54.7 Å². The van der Waals surface area contributed by atoms with Crippen molar-refractivity contribution in [1.82, 2.24) is 25.1 Å². The molecule has 1 saturated heterocycles. The van der Waals surface area contributed by atoms with Crippen molar-refractivity contribution in [3.8, 4) is 17.1 Å².